The molecule has 1 N–H and O–H groups in total. The number of methoxy groups -OCH3 is 1. The fraction of sp³-hybridized carbons (Fsp3) is 0.150. The highest BCUT2D eigenvalue weighted by atomic mass is 35.5. The number of ether oxygens (including phenoxy) is 2. The Balaban J connectivity index is 1.50. The van der Waals surface area contributed by atoms with Gasteiger partial charge in [-0.15, -0.1) is 11.3 Å². The van der Waals surface area contributed by atoms with E-state index in [-0.39, 0.29) is 18.2 Å². The Kier molecular flexibility index (Phi) is 7.09. The van der Waals surface area contributed by atoms with E-state index in [1.807, 2.05) is 29.6 Å². The number of halogens is 2. The average Bonchev–Trinajstić information content (AvgIpc) is 3.21. The number of nitrogens with one attached hydrogen (secondary N) is 1. The van der Waals surface area contributed by atoms with Gasteiger partial charge in [0.15, 0.2) is 0 Å². The number of nitrogens with zero attached hydrogens (tertiary/aromatic N) is 1. The third kappa shape index (κ3) is 5.69. The summed E-state index contributed by atoms with van der Waals surface area (Å²) in [6, 6.07) is 12.0. The van der Waals surface area contributed by atoms with Crippen molar-refractivity contribution in [2.24, 2.45) is 0 Å². The predicted molar refractivity (Wildman–Crippen MR) is 113 cm³/mol. The molecule has 29 heavy (non-hydrogen) atoms. The topological polar surface area (TPSA) is 77.5 Å². The number of carbonyl (C=O) groups is 2. The molecular weight excluding hydrogens is 435 g/mol. The first kappa shape index (κ1) is 21.1. The van der Waals surface area contributed by atoms with Crippen molar-refractivity contribution in [3.63, 3.8) is 0 Å². The van der Waals surface area contributed by atoms with Crippen LogP contribution in [-0.4, -0.2) is 30.5 Å². The maximum atomic E-state index is 12.1. The number of amides is 1. The minimum Gasteiger partial charge on any atom is -0.497 e. The summed E-state index contributed by atoms with van der Waals surface area (Å²) in [6.07, 6.45) is 0. The van der Waals surface area contributed by atoms with Gasteiger partial charge in [0.05, 0.1) is 22.8 Å². The van der Waals surface area contributed by atoms with Crippen LogP contribution in [0.1, 0.15) is 16.1 Å². The van der Waals surface area contributed by atoms with Crippen LogP contribution in [0, 0.1) is 0 Å². The van der Waals surface area contributed by atoms with Gasteiger partial charge in [0.2, 0.25) is 0 Å². The van der Waals surface area contributed by atoms with Crippen molar-refractivity contribution in [1.82, 2.24) is 10.3 Å². The molecule has 0 aliphatic carbocycles. The molecule has 0 aliphatic heterocycles. The minimum absolute atomic E-state index is 0.0158. The molecule has 0 atom stereocenters. The van der Waals surface area contributed by atoms with Gasteiger partial charge in [-0.05, 0) is 30.3 Å². The number of hydrogen-bond donors (Lipinski definition) is 1. The zero-order valence-corrected chi connectivity index (χ0v) is 17.6. The summed E-state index contributed by atoms with van der Waals surface area (Å²) in [5, 5.41) is 5.70. The van der Waals surface area contributed by atoms with Crippen molar-refractivity contribution >= 4 is 46.4 Å². The van der Waals surface area contributed by atoms with E-state index in [4.69, 9.17) is 32.7 Å². The van der Waals surface area contributed by atoms with E-state index in [0.717, 1.165) is 16.3 Å². The first-order valence-electron chi connectivity index (χ1n) is 8.44. The predicted octanol–water partition coefficient (Wildman–Crippen LogP) is 4.60. The van der Waals surface area contributed by atoms with E-state index in [2.05, 4.69) is 10.3 Å². The van der Waals surface area contributed by atoms with Gasteiger partial charge in [0.1, 0.15) is 23.9 Å². The van der Waals surface area contributed by atoms with E-state index < -0.39 is 11.9 Å². The van der Waals surface area contributed by atoms with Crippen LogP contribution < -0.4 is 10.1 Å². The molecule has 150 valence electrons. The van der Waals surface area contributed by atoms with Crippen molar-refractivity contribution < 1.29 is 19.1 Å². The molecule has 0 saturated heterocycles. The molecule has 0 saturated carbocycles. The zero-order valence-electron chi connectivity index (χ0n) is 15.3. The summed E-state index contributed by atoms with van der Waals surface area (Å²) in [7, 11) is 1.60. The van der Waals surface area contributed by atoms with Crippen LogP contribution in [0.4, 0.5) is 0 Å². The van der Waals surface area contributed by atoms with Crippen molar-refractivity contribution in [3.8, 4) is 16.3 Å². The van der Waals surface area contributed by atoms with Crippen LogP contribution in [0.25, 0.3) is 10.6 Å². The van der Waals surface area contributed by atoms with E-state index in [9.17, 15) is 9.59 Å². The van der Waals surface area contributed by atoms with E-state index in [1.54, 1.807) is 7.11 Å². The first-order chi connectivity index (χ1) is 14.0. The highest BCUT2D eigenvalue weighted by Crippen LogP contribution is 2.27. The molecule has 0 aliphatic rings. The molecule has 0 spiro atoms. The number of esters is 1. The molecule has 1 heterocycles. The minimum atomic E-state index is -0.575. The lowest BCUT2D eigenvalue weighted by molar-refractivity contribution is -0.143. The van der Waals surface area contributed by atoms with Gasteiger partial charge in [0.25, 0.3) is 5.91 Å². The lowest BCUT2D eigenvalue weighted by Crippen LogP contribution is -2.30. The molecule has 3 aromatic rings. The standard InChI is InChI=1S/C20H16Cl2N2O4S/c1-27-15-4-2-3-13(7-15)20-24-14(11-29-20)10-28-18(25)9-23-19(26)12-5-6-16(21)17(22)8-12/h2-8,11H,9-10H2,1H3,(H,23,26). The summed E-state index contributed by atoms with van der Waals surface area (Å²) in [6.45, 7) is -0.256. The second-order valence-corrected chi connectivity index (χ2v) is 7.52. The third-order valence-electron chi connectivity index (χ3n) is 3.82. The molecule has 3 rings (SSSR count). The largest absolute Gasteiger partial charge is 0.497 e. The van der Waals surface area contributed by atoms with Gasteiger partial charge in [-0.1, -0.05) is 35.3 Å². The van der Waals surface area contributed by atoms with Gasteiger partial charge in [0, 0.05) is 16.5 Å². The number of carbonyl (C=O) groups excluding carboxylic acids is 2. The monoisotopic (exact) mass is 450 g/mol. The maximum absolute atomic E-state index is 12.1. The van der Waals surface area contributed by atoms with Crippen LogP contribution in [0.2, 0.25) is 10.0 Å². The second-order valence-electron chi connectivity index (χ2n) is 5.85. The Labute approximate surface area is 181 Å². The quantitative estimate of drug-likeness (QED) is 0.532. The number of benzene rings is 2. The summed E-state index contributed by atoms with van der Waals surface area (Å²) in [5.74, 6) is -0.285. The van der Waals surface area contributed by atoms with Gasteiger partial charge < -0.3 is 14.8 Å². The number of rotatable bonds is 7. The lowest BCUT2D eigenvalue weighted by Gasteiger charge is -2.06. The Morgan fingerprint density at radius 3 is 2.72 bits per heavy atom. The Hall–Kier alpha value is -2.61. The van der Waals surface area contributed by atoms with E-state index in [1.165, 1.54) is 29.5 Å². The van der Waals surface area contributed by atoms with Crippen molar-refractivity contribution in [2.75, 3.05) is 13.7 Å². The van der Waals surface area contributed by atoms with Gasteiger partial charge >= 0.3 is 5.97 Å². The van der Waals surface area contributed by atoms with Crippen LogP contribution in [0.5, 0.6) is 5.75 Å². The van der Waals surface area contributed by atoms with Crippen LogP contribution in [-0.2, 0) is 16.1 Å². The molecule has 0 bridgehead atoms. The fourth-order valence-electron chi connectivity index (χ4n) is 2.36. The maximum Gasteiger partial charge on any atom is 0.325 e. The zero-order chi connectivity index (χ0) is 20.8. The summed E-state index contributed by atoms with van der Waals surface area (Å²) in [5.41, 5.74) is 1.84. The molecule has 9 heteroatoms. The SMILES string of the molecule is COc1cccc(-c2nc(COC(=O)CNC(=O)c3ccc(Cl)c(Cl)c3)cs2)c1. The molecule has 1 aromatic heterocycles. The Morgan fingerprint density at radius 2 is 1.97 bits per heavy atom. The number of thiazole rings is 1. The normalized spacial score (nSPS) is 10.4. The number of hydrogen-bond acceptors (Lipinski definition) is 6. The fourth-order valence-corrected chi connectivity index (χ4v) is 3.46. The second kappa shape index (κ2) is 9.73. The molecule has 6 nitrogen and oxygen atoms in total. The Bertz CT molecular complexity index is 1040. The van der Waals surface area contributed by atoms with Crippen molar-refractivity contribution in [3.05, 3.63) is 69.1 Å². The highest BCUT2D eigenvalue weighted by Gasteiger charge is 2.12. The van der Waals surface area contributed by atoms with Gasteiger partial charge in [-0.3, -0.25) is 9.59 Å². The summed E-state index contributed by atoms with van der Waals surface area (Å²) >= 11 is 13.1. The molecular formula is C20H16Cl2N2O4S. The summed E-state index contributed by atoms with van der Waals surface area (Å²) < 4.78 is 10.4. The third-order valence-corrected chi connectivity index (χ3v) is 5.50. The smallest absolute Gasteiger partial charge is 0.325 e. The molecule has 0 fully saturated rings. The van der Waals surface area contributed by atoms with Crippen LogP contribution in [0.3, 0.4) is 0 Å². The van der Waals surface area contributed by atoms with E-state index in [0.29, 0.717) is 16.3 Å². The van der Waals surface area contributed by atoms with E-state index >= 15 is 0 Å². The first-order valence-corrected chi connectivity index (χ1v) is 10.1. The lowest BCUT2D eigenvalue weighted by atomic mass is 10.2. The molecule has 1 amide bonds. The average molecular weight is 451 g/mol. The summed E-state index contributed by atoms with van der Waals surface area (Å²) in [4.78, 5) is 28.4. The highest BCUT2D eigenvalue weighted by molar-refractivity contribution is 7.13. The van der Waals surface area contributed by atoms with Crippen molar-refractivity contribution in [1.29, 1.82) is 0 Å². The van der Waals surface area contributed by atoms with Gasteiger partial charge in [-0.2, -0.15) is 0 Å². The Morgan fingerprint density at radius 1 is 1.14 bits per heavy atom. The number of aromatic nitrogens is 1. The molecule has 2 aromatic carbocycles. The van der Waals surface area contributed by atoms with Crippen LogP contribution >= 0.6 is 34.5 Å². The van der Waals surface area contributed by atoms with Gasteiger partial charge in [-0.25, -0.2) is 4.98 Å². The van der Waals surface area contributed by atoms with Crippen molar-refractivity contribution in [2.45, 2.75) is 6.61 Å². The van der Waals surface area contributed by atoms with Crippen LogP contribution in [0.15, 0.2) is 47.8 Å². The molecule has 0 radical (unpaired) electrons. The molecule has 0 unspecified atom stereocenters.